The lowest BCUT2D eigenvalue weighted by molar-refractivity contribution is -0.199. The van der Waals surface area contributed by atoms with E-state index < -0.39 is 23.5 Å². The average Bonchev–Trinajstić information content (AvgIpc) is 3.11. The molecule has 2 aliphatic heterocycles. The lowest BCUT2D eigenvalue weighted by atomic mass is 9.43. The van der Waals surface area contributed by atoms with Gasteiger partial charge in [0.15, 0.2) is 0 Å². The zero-order chi connectivity index (χ0) is 20.5. The van der Waals surface area contributed by atoms with Crippen LogP contribution in [0.1, 0.15) is 53.4 Å². The second kappa shape index (κ2) is 6.23. The largest absolute Gasteiger partial charge is 0.480 e. The van der Waals surface area contributed by atoms with E-state index in [1.807, 2.05) is 0 Å². The minimum Gasteiger partial charge on any atom is -0.480 e. The van der Waals surface area contributed by atoms with Crippen molar-refractivity contribution in [3.05, 3.63) is 12.3 Å². The highest BCUT2D eigenvalue weighted by Gasteiger charge is 2.67. The molecule has 4 fully saturated rings. The molecule has 5 aliphatic rings. The minimum atomic E-state index is -1.24. The van der Waals surface area contributed by atoms with E-state index in [2.05, 4.69) is 20.8 Å². The highest BCUT2D eigenvalue weighted by molar-refractivity contribution is 6.45. The summed E-state index contributed by atoms with van der Waals surface area (Å²) in [5.74, 6) is 0.104. The van der Waals surface area contributed by atoms with Crippen molar-refractivity contribution in [3.63, 3.8) is 0 Å². The zero-order valence-electron chi connectivity index (χ0n) is 17.1. The van der Waals surface area contributed by atoms with Gasteiger partial charge in [0.2, 0.25) is 0 Å². The highest BCUT2D eigenvalue weighted by Crippen LogP contribution is 2.65. The standard InChI is InChI=1S/C20H30BNO6/c1-18(2)12-10-13(18)20(4)14(11-12)27-21(28-20)8-5-6-19(3)7-9-22(17(25)26)15(19)16(23)24/h7,9,12-15H,5-6,8,10-11H2,1-4H3,(H,23,24)(H,25,26)/t12-,13-,14?,15+,19+,20-/m0/s1. The number of amides is 1. The van der Waals surface area contributed by atoms with Gasteiger partial charge in [0, 0.05) is 11.6 Å². The third-order valence-electron chi connectivity index (χ3n) is 8.13. The first-order chi connectivity index (χ1) is 13.0. The van der Waals surface area contributed by atoms with Crippen molar-refractivity contribution in [3.8, 4) is 0 Å². The zero-order valence-corrected chi connectivity index (χ0v) is 17.1. The van der Waals surface area contributed by atoms with Crippen LogP contribution in [0.3, 0.4) is 0 Å². The van der Waals surface area contributed by atoms with Crippen LogP contribution in [0.5, 0.6) is 0 Å². The van der Waals surface area contributed by atoms with Crippen molar-refractivity contribution >= 4 is 19.2 Å². The molecule has 1 amide bonds. The molecule has 0 radical (unpaired) electrons. The molecule has 5 rings (SSSR count). The molecule has 154 valence electrons. The number of carboxylic acid groups (broad SMARTS) is 2. The van der Waals surface area contributed by atoms with Gasteiger partial charge in [0.25, 0.3) is 0 Å². The summed E-state index contributed by atoms with van der Waals surface area (Å²) in [4.78, 5) is 23.9. The lowest BCUT2D eigenvalue weighted by Crippen LogP contribution is -2.65. The van der Waals surface area contributed by atoms with Gasteiger partial charge in [-0.25, -0.2) is 9.59 Å². The van der Waals surface area contributed by atoms with Crippen molar-refractivity contribution < 1.29 is 29.1 Å². The molecule has 7 nitrogen and oxygen atoms in total. The summed E-state index contributed by atoms with van der Waals surface area (Å²) < 4.78 is 12.6. The molecule has 6 atom stereocenters. The maximum atomic E-state index is 11.7. The molecule has 1 unspecified atom stereocenters. The van der Waals surface area contributed by atoms with E-state index in [1.165, 1.54) is 12.6 Å². The molecule has 3 saturated carbocycles. The molecule has 2 bridgehead atoms. The van der Waals surface area contributed by atoms with Gasteiger partial charge in [-0.3, -0.25) is 4.90 Å². The van der Waals surface area contributed by atoms with Crippen LogP contribution in [0.15, 0.2) is 12.3 Å². The van der Waals surface area contributed by atoms with E-state index in [0.29, 0.717) is 36.4 Å². The number of carbonyl (C=O) groups is 2. The topological polar surface area (TPSA) is 96.3 Å². The fourth-order valence-electron chi connectivity index (χ4n) is 6.27. The van der Waals surface area contributed by atoms with E-state index in [4.69, 9.17) is 9.31 Å². The molecular weight excluding hydrogens is 361 g/mol. The Balaban J connectivity index is 1.36. The van der Waals surface area contributed by atoms with Gasteiger partial charge >= 0.3 is 19.2 Å². The van der Waals surface area contributed by atoms with Gasteiger partial charge in [-0.15, -0.1) is 0 Å². The minimum absolute atomic E-state index is 0.144. The predicted molar refractivity (Wildman–Crippen MR) is 103 cm³/mol. The number of hydrogen-bond donors (Lipinski definition) is 2. The Morgan fingerprint density at radius 1 is 1.21 bits per heavy atom. The van der Waals surface area contributed by atoms with Crippen LogP contribution >= 0.6 is 0 Å². The lowest BCUT2D eigenvalue weighted by Gasteiger charge is -2.64. The Morgan fingerprint density at radius 2 is 1.93 bits per heavy atom. The molecule has 2 heterocycles. The van der Waals surface area contributed by atoms with Gasteiger partial charge in [0.1, 0.15) is 6.04 Å². The number of carboxylic acids is 1. The first-order valence-electron chi connectivity index (χ1n) is 10.3. The molecule has 0 spiro atoms. The maximum absolute atomic E-state index is 11.7. The van der Waals surface area contributed by atoms with Crippen molar-refractivity contribution in [1.29, 1.82) is 0 Å². The normalized spacial score (nSPS) is 43.0. The van der Waals surface area contributed by atoms with Crippen molar-refractivity contribution in [2.75, 3.05) is 0 Å². The SMILES string of the molecule is CC1(C)[C@@H]2CC3OB(CCC[C@]4(C)C=CN(C(=O)O)[C@@H]4C(=O)O)O[C@@]3(C)[C@H]1C2. The summed E-state index contributed by atoms with van der Waals surface area (Å²) in [5, 5.41) is 18.8. The predicted octanol–water partition coefficient (Wildman–Crippen LogP) is 3.46. The second-order valence-electron chi connectivity index (χ2n) is 10.0. The first-order valence-corrected chi connectivity index (χ1v) is 10.3. The van der Waals surface area contributed by atoms with Gasteiger partial charge in [-0.1, -0.05) is 33.3 Å². The van der Waals surface area contributed by atoms with E-state index in [9.17, 15) is 19.8 Å². The van der Waals surface area contributed by atoms with Crippen LogP contribution in [0.2, 0.25) is 6.32 Å². The Kier molecular flexibility index (Phi) is 4.40. The Labute approximate surface area is 166 Å². The third-order valence-corrected chi connectivity index (χ3v) is 8.13. The Bertz CT molecular complexity index is 725. The van der Waals surface area contributed by atoms with E-state index >= 15 is 0 Å². The summed E-state index contributed by atoms with van der Waals surface area (Å²) in [6.07, 6.45) is 6.19. The molecule has 0 aromatic carbocycles. The first kappa shape index (κ1) is 19.8. The van der Waals surface area contributed by atoms with Gasteiger partial charge in [-0.05, 0) is 49.8 Å². The van der Waals surface area contributed by atoms with Crippen LogP contribution in [0.4, 0.5) is 4.79 Å². The monoisotopic (exact) mass is 391 g/mol. The molecule has 2 N–H and O–H groups in total. The second-order valence-corrected chi connectivity index (χ2v) is 10.0. The number of nitrogens with zero attached hydrogens (tertiary/aromatic N) is 1. The molecule has 0 aromatic heterocycles. The fraction of sp³-hybridized carbons (Fsp3) is 0.800. The smallest absolute Gasteiger partial charge is 0.457 e. The van der Waals surface area contributed by atoms with Crippen LogP contribution < -0.4 is 0 Å². The summed E-state index contributed by atoms with van der Waals surface area (Å²) >= 11 is 0. The number of aliphatic carboxylic acids is 1. The Hall–Kier alpha value is -1.54. The van der Waals surface area contributed by atoms with E-state index in [-0.39, 0.29) is 18.8 Å². The van der Waals surface area contributed by atoms with Crippen molar-refractivity contribution in [1.82, 2.24) is 4.90 Å². The van der Waals surface area contributed by atoms with E-state index in [0.717, 1.165) is 11.3 Å². The number of hydrogen-bond acceptors (Lipinski definition) is 4. The Morgan fingerprint density at radius 3 is 2.54 bits per heavy atom. The van der Waals surface area contributed by atoms with Crippen molar-refractivity contribution in [2.24, 2.45) is 22.7 Å². The van der Waals surface area contributed by atoms with Crippen molar-refractivity contribution in [2.45, 2.75) is 77.4 Å². The van der Waals surface area contributed by atoms with Gasteiger partial charge in [-0.2, -0.15) is 0 Å². The van der Waals surface area contributed by atoms with Crippen LogP contribution in [-0.4, -0.2) is 52.0 Å². The summed E-state index contributed by atoms with van der Waals surface area (Å²) in [6, 6.07) is -1.09. The maximum Gasteiger partial charge on any atom is 0.457 e. The van der Waals surface area contributed by atoms with Crippen LogP contribution in [0.25, 0.3) is 0 Å². The summed E-state index contributed by atoms with van der Waals surface area (Å²) in [7, 11) is -0.266. The van der Waals surface area contributed by atoms with Gasteiger partial charge < -0.3 is 19.5 Å². The average molecular weight is 391 g/mol. The molecule has 0 aromatic rings. The number of rotatable bonds is 5. The molecule has 28 heavy (non-hydrogen) atoms. The fourth-order valence-corrected chi connectivity index (χ4v) is 6.27. The third kappa shape index (κ3) is 2.71. The van der Waals surface area contributed by atoms with Crippen LogP contribution in [-0.2, 0) is 14.1 Å². The molecular formula is C20H30BNO6. The molecule has 3 aliphatic carbocycles. The van der Waals surface area contributed by atoms with Gasteiger partial charge in [0.05, 0.1) is 11.7 Å². The summed E-state index contributed by atoms with van der Waals surface area (Å²) in [6.45, 7) is 8.65. The van der Waals surface area contributed by atoms with Crippen LogP contribution in [0, 0.1) is 22.7 Å². The van der Waals surface area contributed by atoms with E-state index in [1.54, 1.807) is 13.0 Å². The quantitative estimate of drug-likeness (QED) is 0.697. The highest BCUT2D eigenvalue weighted by atomic mass is 16.7. The molecule has 8 heteroatoms. The summed E-state index contributed by atoms with van der Waals surface area (Å²) in [5.41, 5.74) is -0.659. The molecule has 1 saturated heterocycles.